The van der Waals surface area contributed by atoms with E-state index in [1.54, 1.807) is 13.8 Å². The molecule has 0 radical (unpaired) electrons. The van der Waals surface area contributed by atoms with Gasteiger partial charge in [0.1, 0.15) is 17.5 Å². The van der Waals surface area contributed by atoms with Crippen molar-refractivity contribution in [3.05, 3.63) is 22.7 Å². The number of hydrogen-bond donors (Lipinski definition) is 4. The van der Waals surface area contributed by atoms with Gasteiger partial charge in [0.15, 0.2) is 18.5 Å². The van der Waals surface area contributed by atoms with E-state index >= 15 is 4.39 Å². The van der Waals surface area contributed by atoms with E-state index in [0.717, 1.165) is 4.57 Å². The van der Waals surface area contributed by atoms with Crippen molar-refractivity contribution in [2.45, 2.75) is 44.0 Å². The van der Waals surface area contributed by atoms with Crippen LogP contribution >= 0.6 is 0 Å². The Morgan fingerprint density at radius 3 is 2.73 bits per heavy atom. The van der Waals surface area contributed by atoms with Gasteiger partial charge in [-0.3, -0.25) is 9.36 Å². The number of nitrogens with two attached hydrogens (primary N) is 3. The van der Waals surface area contributed by atoms with Crippen LogP contribution < -0.4 is 22.9 Å². The number of aliphatic hydroxyl groups is 1. The molecule has 2 rings (SSSR count). The molecule has 26 heavy (non-hydrogen) atoms. The van der Waals surface area contributed by atoms with Crippen LogP contribution in [0, 0.1) is 5.92 Å². The van der Waals surface area contributed by atoms with Crippen molar-refractivity contribution in [3.63, 3.8) is 0 Å². The molecular weight excluding hydrogens is 349 g/mol. The van der Waals surface area contributed by atoms with Crippen LogP contribution in [0.2, 0.25) is 0 Å². The maximum absolute atomic E-state index is 15.1. The molecule has 2 unspecified atom stereocenters. The second-order valence-electron chi connectivity index (χ2n) is 6.55. The van der Waals surface area contributed by atoms with Gasteiger partial charge in [-0.1, -0.05) is 13.8 Å². The fourth-order valence-electron chi connectivity index (χ4n) is 2.65. The van der Waals surface area contributed by atoms with Gasteiger partial charge in [0.05, 0.1) is 6.61 Å². The number of nitrogen functional groups attached to an aromatic ring is 1. The van der Waals surface area contributed by atoms with E-state index in [-0.39, 0.29) is 18.3 Å². The fourth-order valence-corrected chi connectivity index (χ4v) is 2.65. The van der Waals surface area contributed by atoms with Gasteiger partial charge in [-0.15, -0.1) is 0 Å². The summed E-state index contributed by atoms with van der Waals surface area (Å²) in [7, 11) is 0. The SMILES string of the molecule is CC(C)C(N)C(=O)O[C@H]1[C@@H](F)C(n2ccc(N)nc2=O)O[C@]1(CN)CO. The summed E-state index contributed by atoms with van der Waals surface area (Å²) >= 11 is 0. The van der Waals surface area contributed by atoms with Crippen molar-refractivity contribution in [2.75, 3.05) is 18.9 Å². The molecular formula is C15H24FN5O5. The highest BCUT2D eigenvalue weighted by atomic mass is 19.1. The Bertz CT molecular complexity index is 708. The average Bonchev–Trinajstić information content (AvgIpc) is 2.87. The van der Waals surface area contributed by atoms with Crippen molar-refractivity contribution < 1.29 is 23.8 Å². The summed E-state index contributed by atoms with van der Waals surface area (Å²) in [5.41, 5.74) is 14.2. The summed E-state index contributed by atoms with van der Waals surface area (Å²) in [5.74, 6) is -1.15. The number of hydrogen-bond acceptors (Lipinski definition) is 9. The molecule has 0 saturated carbocycles. The molecule has 2 heterocycles. The summed E-state index contributed by atoms with van der Waals surface area (Å²) in [6, 6.07) is 0.297. The van der Waals surface area contributed by atoms with E-state index in [1.807, 2.05) is 0 Å². The zero-order chi connectivity index (χ0) is 19.6. The Morgan fingerprint density at radius 2 is 2.23 bits per heavy atom. The van der Waals surface area contributed by atoms with Crippen molar-refractivity contribution in [1.82, 2.24) is 9.55 Å². The molecule has 0 aliphatic carbocycles. The lowest BCUT2D eigenvalue weighted by Gasteiger charge is -2.31. The van der Waals surface area contributed by atoms with Crippen LogP contribution in [-0.4, -0.2) is 57.7 Å². The maximum atomic E-state index is 15.1. The lowest BCUT2D eigenvalue weighted by Crippen LogP contribution is -2.54. The predicted octanol–water partition coefficient (Wildman–Crippen LogP) is -1.72. The van der Waals surface area contributed by atoms with E-state index in [4.69, 9.17) is 26.7 Å². The number of aliphatic hydroxyl groups excluding tert-OH is 1. The summed E-state index contributed by atoms with van der Waals surface area (Å²) in [4.78, 5) is 27.7. The number of alkyl halides is 1. The molecule has 0 spiro atoms. The van der Waals surface area contributed by atoms with Crippen molar-refractivity contribution >= 4 is 11.8 Å². The molecule has 146 valence electrons. The number of esters is 1. The Hall–Kier alpha value is -2.08. The van der Waals surface area contributed by atoms with Crippen LogP contribution in [0.5, 0.6) is 0 Å². The molecule has 1 aromatic rings. The minimum atomic E-state index is -1.99. The molecule has 1 aliphatic heterocycles. The zero-order valence-electron chi connectivity index (χ0n) is 14.5. The molecule has 0 aromatic carbocycles. The van der Waals surface area contributed by atoms with Crippen LogP contribution in [-0.2, 0) is 14.3 Å². The molecule has 7 N–H and O–H groups in total. The molecule has 0 amide bonds. The number of carbonyl (C=O) groups excluding carboxylic acids is 1. The Balaban J connectivity index is 2.36. The topological polar surface area (TPSA) is 169 Å². The van der Waals surface area contributed by atoms with Crippen LogP contribution in [0.25, 0.3) is 0 Å². The maximum Gasteiger partial charge on any atom is 0.351 e. The Morgan fingerprint density at radius 1 is 1.58 bits per heavy atom. The minimum absolute atomic E-state index is 0.0437. The zero-order valence-corrected chi connectivity index (χ0v) is 14.5. The van der Waals surface area contributed by atoms with Gasteiger partial charge < -0.3 is 31.8 Å². The van der Waals surface area contributed by atoms with Crippen LogP contribution in [0.1, 0.15) is 20.1 Å². The Kier molecular flexibility index (Phi) is 5.96. The molecule has 1 aromatic heterocycles. The van der Waals surface area contributed by atoms with Gasteiger partial charge in [0, 0.05) is 12.7 Å². The molecule has 1 aliphatic rings. The summed E-state index contributed by atoms with van der Waals surface area (Å²) in [6.45, 7) is 2.32. The van der Waals surface area contributed by atoms with Crippen LogP contribution in [0.4, 0.5) is 10.2 Å². The number of rotatable bonds is 6. The normalized spacial score (nSPS) is 29.7. The number of carbonyl (C=O) groups is 1. The van der Waals surface area contributed by atoms with Crippen molar-refractivity contribution in [3.8, 4) is 0 Å². The third kappa shape index (κ3) is 3.56. The molecule has 1 fully saturated rings. The molecule has 1 saturated heterocycles. The number of halogens is 1. The molecule has 5 atom stereocenters. The lowest BCUT2D eigenvalue weighted by molar-refractivity contribution is -0.169. The average molecular weight is 373 g/mol. The van der Waals surface area contributed by atoms with Gasteiger partial charge in [-0.05, 0) is 12.0 Å². The second kappa shape index (κ2) is 7.66. The van der Waals surface area contributed by atoms with Crippen molar-refractivity contribution in [1.29, 1.82) is 0 Å². The summed E-state index contributed by atoms with van der Waals surface area (Å²) in [5, 5.41) is 9.73. The predicted molar refractivity (Wildman–Crippen MR) is 89.5 cm³/mol. The summed E-state index contributed by atoms with van der Waals surface area (Å²) in [6.07, 6.45) is -3.84. The van der Waals surface area contributed by atoms with E-state index in [2.05, 4.69) is 4.98 Å². The van der Waals surface area contributed by atoms with Gasteiger partial charge in [0.2, 0.25) is 0 Å². The highest BCUT2D eigenvalue weighted by Crippen LogP contribution is 2.40. The first-order chi connectivity index (χ1) is 12.2. The quantitative estimate of drug-likeness (QED) is 0.424. The number of anilines is 1. The highest BCUT2D eigenvalue weighted by molar-refractivity contribution is 5.76. The molecule has 10 nitrogen and oxygen atoms in total. The van der Waals surface area contributed by atoms with Gasteiger partial charge in [-0.2, -0.15) is 4.98 Å². The van der Waals surface area contributed by atoms with Gasteiger partial charge in [0.25, 0.3) is 0 Å². The largest absolute Gasteiger partial charge is 0.455 e. The minimum Gasteiger partial charge on any atom is -0.455 e. The standard InChI is InChI=1S/C15H24FN5O5/c1-7(2)10(19)13(23)25-11-9(16)12(26-15(11,5-17)6-22)21-4-3-8(18)20-14(21)24/h3-4,7,9-12,22H,5-6,17,19H2,1-2H3,(H2,18,20,24)/t9-,10?,11+,12?,15-/m1/s1. The lowest BCUT2D eigenvalue weighted by atomic mass is 9.96. The summed E-state index contributed by atoms with van der Waals surface area (Å²) < 4.78 is 26.7. The monoisotopic (exact) mass is 373 g/mol. The smallest absolute Gasteiger partial charge is 0.351 e. The number of nitrogens with zero attached hydrogens (tertiary/aromatic N) is 2. The molecule has 11 heteroatoms. The molecule has 0 bridgehead atoms. The first-order valence-corrected chi connectivity index (χ1v) is 8.10. The Labute approximate surface area is 149 Å². The second-order valence-corrected chi connectivity index (χ2v) is 6.55. The van der Waals surface area contributed by atoms with Crippen molar-refractivity contribution in [2.24, 2.45) is 17.4 Å². The van der Waals surface area contributed by atoms with E-state index < -0.39 is 48.4 Å². The van der Waals surface area contributed by atoms with Crippen LogP contribution in [0.3, 0.4) is 0 Å². The van der Waals surface area contributed by atoms with E-state index in [9.17, 15) is 14.7 Å². The number of aromatic nitrogens is 2. The van der Waals surface area contributed by atoms with Crippen LogP contribution in [0.15, 0.2) is 17.1 Å². The third-order valence-electron chi connectivity index (χ3n) is 4.41. The van der Waals surface area contributed by atoms with E-state index in [0.29, 0.717) is 0 Å². The first-order valence-electron chi connectivity index (χ1n) is 8.10. The highest BCUT2D eigenvalue weighted by Gasteiger charge is 2.58. The fraction of sp³-hybridized carbons (Fsp3) is 0.667. The first kappa shape index (κ1) is 20.2. The third-order valence-corrected chi connectivity index (χ3v) is 4.41. The van der Waals surface area contributed by atoms with E-state index in [1.165, 1.54) is 12.3 Å². The number of ether oxygens (including phenoxy) is 2. The van der Waals surface area contributed by atoms with Gasteiger partial charge in [-0.25, -0.2) is 9.18 Å². The van der Waals surface area contributed by atoms with Gasteiger partial charge >= 0.3 is 11.7 Å².